The molecule has 0 amide bonds. The van der Waals surface area contributed by atoms with Crippen LogP contribution < -0.4 is 4.72 Å². The van der Waals surface area contributed by atoms with Crippen molar-refractivity contribution >= 4 is 16.0 Å². The molecule has 0 aliphatic heterocycles. The lowest BCUT2D eigenvalue weighted by molar-refractivity contribution is 0.0686. The molecule has 2 rings (SSSR count). The van der Waals surface area contributed by atoms with Crippen molar-refractivity contribution < 1.29 is 18.3 Å². The summed E-state index contributed by atoms with van der Waals surface area (Å²) >= 11 is 0. The van der Waals surface area contributed by atoms with Gasteiger partial charge in [-0.2, -0.15) is 5.10 Å². The smallest absolute Gasteiger partial charge is 0.352 e. The van der Waals surface area contributed by atoms with Gasteiger partial charge in [0.1, 0.15) is 10.6 Å². The molecule has 0 saturated carbocycles. The minimum atomic E-state index is -3.77. The molecular weight excluding hydrogens is 296 g/mol. The summed E-state index contributed by atoms with van der Waals surface area (Å²) in [5, 5.41) is 13.0. The van der Waals surface area contributed by atoms with Crippen LogP contribution in [0.25, 0.3) is 0 Å². The third-order valence-corrected chi connectivity index (χ3v) is 4.67. The summed E-state index contributed by atoms with van der Waals surface area (Å²) in [5.41, 5.74) is 1.53. The van der Waals surface area contributed by atoms with E-state index in [1.54, 1.807) is 17.9 Å². The lowest BCUT2D eigenvalue weighted by Gasteiger charge is -2.04. The second-order valence-corrected chi connectivity index (χ2v) is 6.45. The summed E-state index contributed by atoms with van der Waals surface area (Å²) in [6, 6.07) is 1.13. The molecule has 2 aromatic rings. The summed E-state index contributed by atoms with van der Waals surface area (Å²) in [4.78, 5) is 10.9. The topological polar surface area (TPSA) is 106 Å². The largest absolute Gasteiger partial charge is 0.477 e. The van der Waals surface area contributed by atoms with Gasteiger partial charge < -0.3 is 9.67 Å². The summed E-state index contributed by atoms with van der Waals surface area (Å²) < 4.78 is 29.7. The first-order valence-corrected chi connectivity index (χ1v) is 7.57. The van der Waals surface area contributed by atoms with Crippen molar-refractivity contribution in [2.45, 2.75) is 18.4 Å². The number of sulfonamides is 1. The number of nitrogens with zero attached hydrogens (tertiary/aromatic N) is 3. The highest BCUT2D eigenvalue weighted by Crippen LogP contribution is 2.14. The minimum absolute atomic E-state index is 0.0797. The number of aryl methyl sites for hydroxylation is 2. The number of hydrogen-bond acceptors (Lipinski definition) is 4. The zero-order valence-corrected chi connectivity index (χ0v) is 12.7. The normalized spacial score (nSPS) is 11.8. The number of carbonyl (C=O) groups is 1. The van der Waals surface area contributed by atoms with Gasteiger partial charge in [0.25, 0.3) is 0 Å². The molecule has 8 nitrogen and oxygen atoms in total. The third-order valence-electron chi connectivity index (χ3n) is 3.30. The van der Waals surface area contributed by atoms with Gasteiger partial charge in [0.15, 0.2) is 0 Å². The number of aromatic nitrogens is 3. The molecule has 0 aliphatic rings. The molecule has 21 heavy (non-hydrogen) atoms. The maximum Gasteiger partial charge on any atom is 0.352 e. The van der Waals surface area contributed by atoms with E-state index in [9.17, 15) is 13.2 Å². The Balaban J connectivity index is 2.21. The fraction of sp³-hybridized carbons (Fsp3) is 0.333. The SMILES string of the molecule is Cc1c(CNS(=O)(=O)c2cc(C(=O)O)n(C)c2)cnn1C. The lowest BCUT2D eigenvalue weighted by atomic mass is 10.3. The average Bonchev–Trinajstić information content (AvgIpc) is 2.93. The molecule has 2 heterocycles. The van der Waals surface area contributed by atoms with E-state index in [1.807, 2.05) is 6.92 Å². The summed E-state index contributed by atoms with van der Waals surface area (Å²) in [5.74, 6) is -1.18. The first kappa shape index (κ1) is 15.3. The number of carboxylic acid groups (broad SMARTS) is 1. The van der Waals surface area contributed by atoms with Gasteiger partial charge in [-0.15, -0.1) is 0 Å². The fourth-order valence-corrected chi connectivity index (χ4v) is 2.94. The molecule has 0 bridgehead atoms. The lowest BCUT2D eigenvalue weighted by Crippen LogP contribution is -2.23. The van der Waals surface area contributed by atoms with Gasteiger partial charge in [0, 0.05) is 38.1 Å². The zero-order chi connectivity index (χ0) is 15.8. The molecule has 0 radical (unpaired) electrons. The molecule has 0 aliphatic carbocycles. The monoisotopic (exact) mass is 312 g/mol. The molecule has 2 N–H and O–H groups in total. The molecule has 0 aromatic carbocycles. The zero-order valence-electron chi connectivity index (χ0n) is 11.9. The van der Waals surface area contributed by atoms with Crippen LogP contribution in [0.15, 0.2) is 23.4 Å². The minimum Gasteiger partial charge on any atom is -0.477 e. The summed E-state index contributed by atoms with van der Waals surface area (Å²) in [7, 11) is -0.525. The first-order valence-electron chi connectivity index (χ1n) is 6.09. The number of carboxylic acids is 1. The van der Waals surface area contributed by atoms with Crippen molar-refractivity contribution in [1.82, 2.24) is 19.1 Å². The Labute approximate surface area is 122 Å². The van der Waals surface area contributed by atoms with Crippen LogP contribution in [0.2, 0.25) is 0 Å². The van der Waals surface area contributed by atoms with Gasteiger partial charge in [-0.05, 0) is 13.0 Å². The molecule has 0 spiro atoms. The predicted octanol–water partition coefficient (Wildman–Crippen LogP) is 0.244. The Bertz CT molecular complexity index is 788. The highest BCUT2D eigenvalue weighted by molar-refractivity contribution is 7.89. The van der Waals surface area contributed by atoms with Crippen LogP contribution in [0.3, 0.4) is 0 Å². The summed E-state index contributed by atoms with van der Waals surface area (Å²) in [6.45, 7) is 1.93. The van der Waals surface area contributed by atoms with E-state index in [0.717, 1.165) is 17.3 Å². The number of rotatable bonds is 5. The predicted molar refractivity (Wildman–Crippen MR) is 74.3 cm³/mol. The van der Waals surface area contributed by atoms with Crippen LogP contribution in [0.5, 0.6) is 0 Å². The molecular formula is C12H16N4O4S. The van der Waals surface area contributed by atoms with E-state index in [4.69, 9.17) is 5.11 Å². The number of nitrogens with one attached hydrogen (secondary N) is 1. The highest BCUT2D eigenvalue weighted by atomic mass is 32.2. The van der Waals surface area contributed by atoms with Crippen LogP contribution in [0.4, 0.5) is 0 Å². The van der Waals surface area contributed by atoms with Gasteiger partial charge in [-0.25, -0.2) is 17.9 Å². The van der Waals surface area contributed by atoms with Crippen molar-refractivity contribution in [2.24, 2.45) is 14.1 Å². The molecule has 2 aromatic heterocycles. The van der Waals surface area contributed by atoms with Crippen LogP contribution in [0.1, 0.15) is 21.7 Å². The highest BCUT2D eigenvalue weighted by Gasteiger charge is 2.20. The quantitative estimate of drug-likeness (QED) is 0.823. The van der Waals surface area contributed by atoms with Crippen molar-refractivity contribution in [3.63, 3.8) is 0 Å². The average molecular weight is 312 g/mol. The first-order chi connectivity index (χ1) is 9.72. The Kier molecular flexibility index (Phi) is 3.88. The second kappa shape index (κ2) is 5.34. The molecule has 0 saturated heterocycles. The van der Waals surface area contributed by atoms with E-state index < -0.39 is 16.0 Å². The molecule has 0 unspecified atom stereocenters. The van der Waals surface area contributed by atoms with Crippen LogP contribution >= 0.6 is 0 Å². The molecule has 0 atom stereocenters. The fourth-order valence-electron chi connectivity index (χ4n) is 1.87. The maximum atomic E-state index is 12.2. The number of hydrogen-bond donors (Lipinski definition) is 2. The Morgan fingerprint density at radius 3 is 2.57 bits per heavy atom. The Morgan fingerprint density at radius 2 is 2.10 bits per heavy atom. The standard InChI is InChI=1S/C12H16N4O4S/c1-8-9(5-13-16(8)3)6-14-21(19,20)10-4-11(12(17)18)15(2)7-10/h4-5,7,14H,6H2,1-3H3,(H,17,18). The van der Waals surface area contributed by atoms with E-state index in [0.29, 0.717) is 0 Å². The number of aromatic carboxylic acids is 1. The van der Waals surface area contributed by atoms with Crippen molar-refractivity contribution in [2.75, 3.05) is 0 Å². The summed E-state index contributed by atoms with van der Waals surface area (Å²) in [6.07, 6.45) is 2.85. The van der Waals surface area contributed by atoms with E-state index in [2.05, 4.69) is 9.82 Å². The van der Waals surface area contributed by atoms with Gasteiger partial charge in [0.2, 0.25) is 10.0 Å². The van der Waals surface area contributed by atoms with Gasteiger partial charge >= 0.3 is 5.97 Å². The van der Waals surface area contributed by atoms with Crippen molar-refractivity contribution in [3.8, 4) is 0 Å². The van der Waals surface area contributed by atoms with Crippen molar-refractivity contribution in [1.29, 1.82) is 0 Å². The van der Waals surface area contributed by atoms with Gasteiger partial charge in [-0.3, -0.25) is 4.68 Å². The van der Waals surface area contributed by atoms with E-state index >= 15 is 0 Å². The molecule has 0 fully saturated rings. The van der Waals surface area contributed by atoms with Crippen LogP contribution in [-0.2, 0) is 30.7 Å². The van der Waals surface area contributed by atoms with Crippen molar-refractivity contribution in [3.05, 3.63) is 35.4 Å². The molecule has 9 heteroatoms. The third kappa shape index (κ3) is 2.98. The van der Waals surface area contributed by atoms with Gasteiger partial charge in [-0.1, -0.05) is 0 Å². The maximum absolute atomic E-state index is 12.2. The molecule has 114 valence electrons. The van der Waals surface area contributed by atoms with Gasteiger partial charge in [0.05, 0.1) is 6.20 Å². The Morgan fingerprint density at radius 1 is 1.43 bits per heavy atom. The van der Waals surface area contributed by atoms with Crippen LogP contribution in [0, 0.1) is 6.92 Å². The Hall–Kier alpha value is -2.13. The van der Waals surface area contributed by atoms with Crippen LogP contribution in [-0.4, -0.2) is 33.8 Å². The van der Waals surface area contributed by atoms with E-state index in [1.165, 1.54) is 17.8 Å². The van der Waals surface area contributed by atoms with E-state index in [-0.39, 0.29) is 17.1 Å². The second-order valence-electron chi connectivity index (χ2n) is 4.68.